The Balaban J connectivity index is 1.51. The van der Waals surface area contributed by atoms with Crippen molar-refractivity contribution in [3.05, 3.63) is 109 Å². The van der Waals surface area contributed by atoms with E-state index in [9.17, 15) is 25.9 Å². The van der Waals surface area contributed by atoms with E-state index in [1.54, 1.807) is 48.5 Å². The first-order chi connectivity index (χ1) is 21.0. The molecule has 0 fully saturated rings. The van der Waals surface area contributed by atoms with Crippen LogP contribution in [0.1, 0.15) is 12.5 Å². The summed E-state index contributed by atoms with van der Waals surface area (Å²) in [5, 5.41) is 18.2. The molecule has 0 unspecified atom stereocenters. The molecule has 0 atom stereocenters. The maximum atomic E-state index is 12.4. The van der Waals surface area contributed by atoms with Crippen LogP contribution in [0.15, 0.2) is 133 Å². The van der Waals surface area contributed by atoms with Gasteiger partial charge in [0.2, 0.25) is 0 Å². The number of aryl methyl sites for hydroxylation is 1. The number of anilines is 2. The van der Waals surface area contributed by atoms with Crippen LogP contribution in [0, 0.1) is 6.92 Å². The molecule has 13 heteroatoms. The molecule has 0 aliphatic heterocycles. The monoisotopic (exact) mass is 629 g/mol. The second-order valence-corrected chi connectivity index (χ2v) is 12.5. The van der Waals surface area contributed by atoms with Gasteiger partial charge in [-0.25, -0.2) is 0 Å². The van der Waals surface area contributed by atoms with Gasteiger partial charge in [0.1, 0.15) is 10.6 Å². The second-order valence-electron chi connectivity index (χ2n) is 9.68. The quantitative estimate of drug-likeness (QED) is 0.122. The largest absolute Gasteiger partial charge is 0.342 e. The lowest BCUT2D eigenvalue weighted by Crippen LogP contribution is -2.17. The normalized spacial score (nSPS) is 12.4. The van der Waals surface area contributed by atoms with Crippen LogP contribution in [0.3, 0.4) is 0 Å². The van der Waals surface area contributed by atoms with Gasteiger partial charge in [-0.05, 0) is 74.0 Å². The van der Waals surface area contributed by atoms with Crippen molar-refractivity contribution in [1.82, 2.24) is 0 Å². The Morgan fingerprint density at radius 3 is 1.84 bits per heavy atom. The molecular formula is C31H27N5O6S2. The average Bonchev–Trinajstić information content (AvgIpc) is 3.00. The number of azo groups is 2. The van der Waals surface area contributed by atoms with Crippen molar-refractivity contribution >= 4 is 65.1 Å². The van der Waals surface area contributed by atoms with Crippen molar-refractivity contribution in [2.45, 2.75) is 23.6 Å². The Morgan fingerprint density at radius 1 is 0.636 bits per heavy atom. The molecular weight excluding hydrogens is 603 g/mol. The molecule has 0 amide bonds. The van der Waals surface area contributed by atoms with Crippen molar-refractivity contribution < 1.29 is 25.9 Å². The Kier molecular flexibility index (Phi) is 8.65. The number of benzene rings is 5. The van der Waals surface area contributed by atoms with Crippen LogP contribution < -0.4 is 4.90 Å². The smallest absolute Gasteiger partial charge is 0.296 e. The van der Waals surface area contributed by atoms with Crippen LogP contribution in [0.2, 0.25) is 0 Å². The van der Waals surface area contributed by atoms with Crippen LogP contribution in [-0.4, -0.2) is 32.5 Å². The molecule has 5 aromatic carbocycles. The lowest BCUT2D eigenvalue weighted by molar-refractivity contribution is 0.481. The van der Waals surface area contributed by atoms with E-state index < -0.39 is 20.2 Å². The third kappa shape index (κ3) is 6.71. The second kappa shape index (κ2) is 12.4. The summed E-state index contributed by atoms with van der Waals surface area (Å²) in [6, 6.07) is 28.2. The molecule has 0 aromatic heterocycles. The van der Waals surface area contributed by atoms with Gasteiger partial charge in [0.15, 0.2) is 0 Å². The number of nitrogens with zero attached hydrogens (tertiary/aromatic N) is 5. The highest BCUT2D eigenvalue weighted by Gasteiger charge is 2.20. The summed E-state index contributed by atoms with van der Waals surface area (Å²) in [6.45, 7) is 4.46. The summed E-state index contributed by atoms with van der Waals surface area (Å²) in [5.41, 5.74) is 3.52. The predicted octanol–water partition coefficient (Wildman–Crippen LogP) is 8.63. The van der Waals surface area contributed by atoms with Crippen LogP contribution in [0.25, 0.3) is 10.8 Å². The molecule has 5 aromatic rings. The summed E-state index contributed by atoms with van der Waals surface area (Å²) in [7, 11) is -9.04. The van der Waals surface area contributed by atoms with Crippen LogP contribution >= 0.6 is 0 Å². The van der Waals surface area contributed by atoms with Gasteiger partial charge >= 0.3 is 0 Å². The third-order valence-corrected chi connectivity index (χ3v) is 8.52. The zero-order chi connectivity index (χ0) is 31.5. The van der Waals surface area contributed by atoms with E-state index in [1.807, 2.05) is 43.0 Å². The molecule has 224 valence electrons. The molecule has 11 nitrogen and oxygen atoms in total. The highest BCUT2D eigenvalue weighted by molar-refractivity contribution is 7.86. The molecule has 0 saturated carbocycles. The Labute approximate surface area is 254 Å². The first-order valence-corrected chi connectivity index (χ1v) is 16.2. The van der Waals surface area contributed by atoms with E-state index in [1.165, 1.54) is 30.3 Å². The van der Waals surface area contributed by atoms with Gasteiger partial charge in [-0.15, -0.1) is 15.3 Å². The number of hydrogen-bond acceptors (Lipinski definition) is 9. The van der Waals surface area contributed by atoms with E-state index in [-0.39, 0.29) is 21.2 Å². The van der Waals surface area contributed by atoms with Gasteiger partial charge in [0.05, 0.1) is 22.0 Å². The van der Waals surface area contributed by atoms with Crippen molar-refractivity contribution in [2.24, 2.45) is 20.5 Å². The predicted molar refractivity (Wildman–Crippen MR) is 169 cm³/mol. The van der Waals surface area contributed by atoms with Gasteiger partial charge in [-0.2, -0.15) is 21.9 Å². The number of hydrogen-bond donors (Lipinski definition) is 2. The Hall–Kier alpha value is -4.82. The fraction of sp³-hybridized carbons (Fsp3) is 0.0968. The topological polar surface area (TPSA) is 161 Å². The molecule has 0 aliphatic rings. The van der Waals surface area contributed by atoms with Gasteiger partial charge in [0.25, 0.3) is 20.2 Å². The molecule has 0 saturated heterocycles. The number of para-hydroxylation sites is 1. The summed E-state index contributed by atoms with van der Waals surface area (Å²) < 4.78 is 67.1. The van der Waals surface area contributed by atoms with Crippen molar-refractivity contribution in [3.8, 4) is 0 Å². The SMILES string of the molecule is CCN(c1ccc(N=Nc2ccc(N=Nc3cccc(S(=O)(=O)O)c3)c3ccccc23)c(S(=O)(=O)O)c1)c1ccccc1C. The number of rotatable bonds is 9. The molecule has 44 heavy (non-hydrogen) atoms. The highest BCUT2D eigenvalue weighted by atomic mass is 32.2. The Morgan fingerprint density at radius 2 is 1.23 bits per heavy atom. The average molecular weight is 630 g/mol. The fourth-order valence-electron chi connectivity index (χ4n) is 4.69. The standard InChI is InChI=1S/C31H27N5O6S2/c1-3-36(30-14-7-4-9-21(30)2)23-15-16-29(31(20-23)44(40,41)42)35-34-28-18-17-27(25-12-5-6-13-26(25)28)33-32-22-10-8-11-24(19-22)43(37,38)39/h4-20H,3H2,1-2H3,(H,37,38,39)(H,40,41,42). The molecule has 5 rings (SSSR count). The lowest BCUT2D eigenvalue weighted by Gasteiger charge is -2.25. The number of fused-ring (bicyclic) bond motifs is 1. The van der Waals surface area contributed by atoms with E-state index >= 15 is 0 Å². The minimum atomic E-state index is -4.65. The fourth-order valence-corrected chi connectivity index (χ4v) is 5.85. The van der Waals surface area contributed by atoms with E-state index in [0.29, 0.717) is 34.4 Å². The van der Waals surface area contributed by atoms with E-state index in [4.69, 9.17) is 0 Å². The first kappa shape index (κ1) is 30.6. The maximum absolute atomic E-state index is 12.4. The van der Waals surface area contributed by atoms with Gasteiger partial charge < -0.3 is 4.90 Å². The molecule has 0 spiro atoms. The lowest BCUT2D eigenvalue weighted by atomic mass is 10.1. The van der Waals surface area contributed by atoms with Crippen LogP contribution in [0.4, 0.5) is 34.1 Å². The zero-order valence-corrected chi connectivity index (χ0v) is 25.2. The van der Waals surface area contributed by atoms with Gasteiger partial charge in [0, 0.05) is 28.7 Å². The van der Waals surface area contributed by atoms with Crippen molar-refractivity contribution in [2.75, 3.05) is 11.4 Å². The molecule has 0 radical (unpaired) electrons. The maximum Gasteiger partial charge on any atom is 0.296 e. The summed E-state index contributed by atoms with van der Waals surface area (Å²) in [4.78, 5) is 1.25. The minimum Gasteiger partial charge on any atom is -0.342 e. The van der Waals surface area contributed by atoms with Crippen LogP contribution in [0.5, 0.6) is 0 Å². The molecule has 2 N–H and O–H groups in total. The third-order valence-electron chi connectivity index (χ3n) is 6.79. The molecule has 0 heterocycles. The Bertz CT molecular complexity index is 2150. The van der Waals surface area contributed by atoms with E-state index in [0.717, 1.165) is 11.3 Å². The zero-order valence-electron chi connectivity index (χ0n) is 23.6. The summed E-state index contributed by atoms with van der Waals surface area (Å²) >= 11 is 0. The van der Waals surface area contributed by atoms with Crippen molar-refractivity contribution in [3.63, 3.8) is 0 Å². The van der Waals surface area contributed by atoms with Crippen LogP contribution in [-0.2, 0) is 20.2 Å². The first-order valence-electron chi connectivity index (χ1n) is 13.3. The molecule has 0 bridgehead atoms. The van der Waals surface area contributed by atoms with Crippen molar-refractivity contribution in [1.29, 1.82) is 0 Å². The summed E-state index contributed by atoms with van der Waals surface area (Å²) in [5.74, 6) is 0. The minimum absolute atomic E-state index is 0.0383. The molecule has 0 aliphatic carbocycles. The highest BCUT2D eigenvalue weighted by Crippen LogP contribution is 2.38. The van der Waals surface area contributed by atoms with E-state index in [2.05, 4.69) is 20.5 Å². The summed E-state index contributed by atoms with van der Waals surface area (Å²) in [6.07, 6.45) is 0. The van der Waals surface area contributed by atoms with Gasteiger partial charge in [-0.1, -0.05) is 48.5 Å². The van der Waals surface area contributed by atoms with Gasteiger partial charge in [-0.3, -0.25) is 9.11 Å².